The number of phenols is 1. The van der Waals surface area contributed by atoms with Crippen molar-refractivity contribution in [3.05, 3.63) is 121 Å². The number of amides is 4. The number of benzene rings is 3. The van der Waals surface area contributed by atoms with Crippen LogP contribution in [0.4, 0.5) is 4.79 Å². The number of alkyl halides is 2. The first-order valence-corrected chi connectivity index (χ1v) is 34.2. The Morgan fingerprint density at radius 3 is 2.14 bits per heavy atom. The van der Waals surface area contributed by atoms with E-state index >= 15 is 0 Å². The number of phenolic OH excluding ortho intramolecular Hbond substituents is 1. The molecule has 4 aliphatic rings. The van der Waals surface area contributed by atoms with Gasteiger partial charge in [0.25, 0.3) is 0 Å². The molecule has 1 fully saturated rings. The van der Waals surface area contributed by atoms with Gasteiger partial charge in [-0.3, -0.25) is 48.2 Å². The number of urea groups is 1. The second kappa shape index (κ2) is 33.0. The fourth-order valence-electron chi connectivity index (χ4n) is 13.1. The monoisotopic (exact) mass is 1420 g/mol. The fourth-order valence-corrected chi connectivity index (χ4v) is 14.0. The van der Waals surface area contributed by atoms with E-state index in [1.165, 1.54) is 7.11 Å². The normalized spacial score (nSPS) is 19.6. The first kappa shape index (κ1) is 72.7. The number of aromatic hydroxyl groups is 1. The highest BCUT2D eigenvalue weighted by Gasteiger charge is 2.57. The van der Waals surface area contributed by atoms with E-state index in [2.05, 4.69) is 62.7 Å². The first-order chi connectivity index (χ1) is 44.9. The molecule has 8 atom stereocenters. The predicted octanol–water partition coefficient (Wildman–Crippen LogP) is 7.03. The zero-order valence-corrected chi connectivity index (χ0v) is 57.7. The number of ether oxygens (including phenoxy) is 4. The molecule has 1 saturated heterocycles. The summed E-state index contributed by atoms with van der Waals surface area (Å²) < 4.78 is 22.4. The maximum atomic E-state index is 14.3. The third kappa shape index (κ3) is 17.1. The molecule has 4 heterocycles. The number of methoxy groups -OCH3 is 1. The molecule has 4 amide bonds. The number of piperazine rings is 1. The van der Waals surface area contributed by atoms with Gasteiger partial charge in [0, 0.05) is 96.2 Å². The Morgan fingerprint density at radius 1 is 0.787 bits per heavy atom. The molecule has 0 saturated carbocycles. The average molecular weight is 1430 g/mol. The van der Waals surface area contributed by atoms with Crippen molar-refractivity contribution in [3.8, 4) is 5.75 Å². The zero-order valence-electron chi connectivity index (χ0n) is 54.6. The number of ketones is 5. The fraction of sp³-hybridized carbons (Fsp3) is 0.522. The molecule has 1 unspecified atom stereocenters. The minimum Gasteiger partial charge on any atom is -0.508 e. The lowest BCUT2D eigenvalue weighted by Gasteiger charge is -2.60. The van der Waals surface area contributed by atoms with Crippen LogP contribution < -0.4 is 21.7 Å². The highest BCUT2D eigenvalue weighted by atomic mass is 79.9. The largest absolute Gasteiger partial charge is 0.508 e. The number of rotatable bonds is 33. The average Bonchev–Trinajstić information content (AvgIpc) is 0.705. The van der Waals surface area contributed by atoms with Crippen LogP contribution in [0.25, 0.3) is 11.0 Å². The Morgan fingerprint density at radius 2 is 1.47 bits per heavy atom. The Balaban J connectivity index is 0.787. The Bertz CT molecular complexity index is 3610. The van der Waals surface area contributed by atoms with Crippen molar-refractivity contribution >= 4 is 95.6 Å². The number of nitrogens with one attached hydrogen (secondary N) is 3. The van der Waals surface area contributed by atoms with Crippen LogP contribution in [-0.2, 0) is 82.6 Å². The van der Waals surface area contributed by atoms with Crippen molar-refractivity contribution in [1.29, 1.82) is 0 Å². The molecule has 23 nitrogen and oxygen atoms in total. The number of carbonyl (C=O) groups excluding carboxylic acids is 9. The van der Waals surface area contributed by atoms with E-state index in [4.69, 9.17) is 24.7 Å². The van der Waals surface area contributed by atoms with Crippen molar-refractivity contribution in [1.82, 2.24) is 35.7 Å². The minimum atomic E-state index is -1.13. The number of carbonyl (C=O) groups is 9. The van der Waals surface area contributed by atoms with E-state index in [0.29, 0.717) is 64.3 Å². The van der Waals surface area contributed by atoms with Crippen LogP contribution in [0, 0.1) is 31.6 Å². The summed E-state index contributed by atoms with van der Waals surface area (Å²) >= 11 is 6.89. The number of hydrogen-bond acceptors (Lipinski definition) is 19. The lowest BCUT2D eigenvalue weighted by atomic mass is 9.70. The number of primary amides is 1. The number of fused-ring (bicyclic) bond motifs is 7. The van der Waals surface area contributed by atoms with E-state index in [1.807, 2.05) is 39.6 Å². The maximum absolute atomic E-state index is 14.3. The molecule has 0 radical (unpaired) electrons. The van der Waals surface area contributed by atoms with Gasteiger partial charge in [0.1, 0.15) is 24.4 Å². The standard InChI is InChI=1S/C69H86Br2N8O15/c1-36(2)45(28-44(80)19-22-93-24-23-92-21-10-12-57(81)43-17-18-49-51(27-43)76-53(33-71)52(32-70)75-49)67(88)77-50(11-9-20-73-69(72)90)59(83)26-41-13-15-42(16-14-41)35-94-60(84)25-37(3)66(87)74-34-56-61-48(63(85)40(6)65(91-8)64(61)86)30-54-62-47-31-58(82)39(5)38(4)46(47)29-55(78(62)7)68(89)79(54)56/h13-18,27,31,36-37,45,50,54-56,62,68,82,89H,9-12,19-26,28-30,32-35H2,1-8H3,(H,74,87)(H,77,88)(H3,72,73,90)/t37-,45+,50+,54+,55?,56+,62+,68+/m1/s1. The molecule has 94 heavy (non-hydrogen) atoms. The van der Waals surface area contributed by atoms with Gasteiger partial charge in [-0.1, -0.05) is 76.9 Å². The van der Waals surface area contributed by atoms with Gasteiger partial charge in [-0.05, 0) is 123 Å². The Labute approximate surface area is 564 Å². The molecule has 25 heteroatoms. The Kier molecular flexibility index (Phi) is 25.5. The lowest BCUT2D eigenvalue weighted by Crippen LogP contribution is -2.71. The molecule has 2 bridgehead atoms. The molecule has 0 spiro atoms. The van der Waals surface area contributed by atoms with Crippen LogP contribution in [0.15, 0.2) is 71.0 Å². The summed E-state index contributed by atoms with van der Waals surface area (Å²) in [4.78, 5) is 134. The van der Waals surface area contributed by atoms with Crippen molar-refractivity contribution in [2.75, 3.05) is 53.7 Å². The van der Waals surface area contributed by atoms with Crippen LogP contribution in [-0.4, -0.2) is 167 Å². The minimum absolute atomic E-state index is 0.0277. The molecular formula is C69H86Br2N8O15. The quantitative estimate of drug-likeness (QED) is 0.00916. The number of nitrogens with two attached hydrogens (primary N) is 1. The summed E-state index contributed by atoms with van der Waals surface area (Å²) in [7, 11) is 3.22. The predicted molar refractivity (Wildman–Crippen MR) is 355 cm³/mol. The van der Waals surface area contributed by atoms with Gasteiger partial charge >= 0.3 is 12.0 Å². The van der Waals surface area contributed by atoms with Crippen molar-refractivity contribution < 1.29 is 72.3 Å². The van der Waals surface area contributed by atoms with Crippen LogP contribution in [0.5, 0.6) is 5.75 Å². The molecule has 1 aliphatic carbocycles. The lowest BCUT2D eigenvalue weighted by molar-refractivity contribution is -0.167. The van der Waals surface area contributed by atoms with E-state index in [1.54, 1.807) is 62.4 Å². The molecule has 1 aromatic heterocycles. The third-order valence-corrected chi connectivity index (χ3v) is 19.7. The molecule has 8 rings (SSSR count). The van der Waals surface area contributed by atoms with Gasteiger partial charge in [0.05, 0.1) is 79.9 Å². The van der Waals surface area contributed by atoms with E-state index < -0.39 is 77.9 Å². The first-order valence-electron chi connectivity index (χ1n) is 31.9. The van der Waals surface area contributed by atoms with Crippen LogP contribution in [0.1, 0.15) is 140 Å². The summed E-state index contributed by atoms with van der Waals surface area (Å²) in [5, 5.41) is 32.7. The number of allylic oxidation sites excluding steroid dienone is 2. The SMILES string of the molecule is COC1=C(C)C(=O)C2=C(C1=O)[C@H](CNC(=O)[C@H](C)CC(=O)OCc1ccc(CC(=O)[C@H](CCCNC(N)=O)NC(=O)[C@@H](CC(=O)CCOCCOCCCC(=O)c3ccc4nc(CBr)c(CBr)nc4c3)C(C)C)cc1)N1[C@@H](O)C3Cc4c(cc(O)c(C)c4C)[C@@H]([C@@H]1C2)N3C. The van der Waals surface area contributed by atoms with Crippen molar-refractivity contribution in [2.24, 2.45) is 23.5 Å². The van der Waals surface area contributed by atoms with Crippen molar-refractivity contribution in [2.45, 2.75) is 159 Å². The number of aliphatic hydroxyl groups is 1. The molecule has 3 aliphatic heterocycles. The molecule has 3 aromatic carbocycles. The number of hydrogen-bond donors (Lipinski definition) is 6. The highest BCUT2D eigenvalue weighted by Crippen LogP contribution is 2.51. The summed E-state index contributed by atoms with van der Waals surface area (Å²) in [5.41, 5.74) is 14.2. The summed E-state index contributed by atoms with van der Waals surface area (Å²) in [6, 6.07) is 9.83. The summed E-state index contributed by atoms with van der Waals surface area (Å²) in [6.07, 6.45) is 0.331. The van der Waals surface area contributed by atoms with E-state index in [9.17, 15) is 53.4 Å². The highest BCUT2D eigenvalue weighted by molar-refractivity contribution is 9.09. The van der Waals surface area contributed by atoms with Crippen molar-refractivity contribution in [3.63, 3.8) is 0 Å². The van der Waals surface area contributed by atoms with E-state index in [0.717, 1.165) is 33.6 Å². The van der Waals surface area contributed by atoms with Gasteiger partial charge < -0.3 is 50.8 Å². The smallest absolute Gasteiger partial charge is 0.312 e. The summed E-state index contributed by atoms with van der Waals surface area (Å²) in [6.45, 7) is 11.3. The van der Waals surface area contributed by atoms with Crippen LogP contribution in [0.3, 0.4) is 0 Å². The second-order valence-electron chi connectivity index (χ2n) is 25.1. The van der Waals surface area contributed by atoms with Crippen LogP contribution >= 0.6 is 31.9 Å². The van der Waals surface area contributed by atoms with Gasteiger partial charge in [-0.25, -0.2) is 14.8 Å². The van der Waals surface area contributed by atoms with Gasteiger partial charge in [0.2, 0.25) is 17.6 Å². The topological polar surface area (TPSA) is 325 Å². The third-order valence-electron chi connectivity index (χ3n) is 18.6. The molecular weight excluding hydrogens is 1340 g/mol. The Hall–Kier alpha value is -7.13. The molecule has 4 aromatic rings. The number of aliphatic hydroxyl groups excluding tert-OH is 1. The molecule has 7 N–H and O–H groups in total. The number of esters is 1. The number of nitrogens with zero attached hydrogens (tertiary/aromatic N) is 4. The zero-order chi connectivity index (χ0) is 68.2. The summed E-state index contributed by atoms with van der Waals surface area (Å²) in [5.74, 6) is -4.92. The number of likely N-dealkylation sites (N-methyl/N-ethyl adjacent to an activating group) is 1. The van der Waals surface area contributed by atoms with Crippen LogP contribution in [0.2, 0.25) is 0 Å². The molecule has 506 valence electrons. The maximum Gasteiger partial charge on any atom is 0.312 e. The second-order valence-corrected chi connectivity index (χ2v) is 26.2. The van der Waals surface area contributed by atoms with Gasteiger partial charge in [0.15, 0.2) is 23.1 Å². The van der Waals surface area contributed by atoms with E-state index in [-0.39, 0.29) is 142 Å². The number of aromatic nitrogens is 2. The van der Waals surface area contributed by atoms with Gasteiger partial charge in [-0.15, -0.1) is 0 Å². The van der Waals surface area contributed by atoms with Gasteiger partial charge in [-0.2, -0.15) is 0 Å². The number of halogens is 2. The number of Topliss-reactive ketones (excluding diaryl/α,β-unsaturated/α-hetero) is 5.